The van der Waals surface area contributed by atoms with E-state index in [1.54, 1.807) is 0 Å². The average Bonchev–Trinajstić information content (AvgIpc) is 1.99. The predicted octanol–water partition coefficient (Wildman–Crippen LogP) is 2.13. The Kier molecular flexibility index (Phi) is 4.99. The second-order valence-electron chi connectivity index (χ2n) is 2.28. The van der Waals surface area contributed by atoms with Gasteiger partial charge in [0.05, 0.1) is 0 Å². The van der Waals surface area contributed by atoms with Crippen LogP contribution in [0.2, 0.25) is 0 Å². The van der Waals surface area contributed by atoms with Gasteiger partial charge >= 0.3 is 5.97 Å². The lowest BCUT2D eigenvalue weighted by atomic mass is 10.2. The highest BCUT2D eigenvalue weighted by Crippen LogP contribution is 2.03. The molecule has 2 heteroatoms. The summed E-state index contributed by atoms with van der Waals surface area (Å²) < 4.78 is 5.06. The normalized spacial score (nSPS) is 10.0. The molecular weight excluding hydrogens is 128 g/mol. The Morgan fingerprint density at radius 2 is 1.80 bits per heavy atom. The molecule has 0 aliphatic carbocycles. The molecule has 0 amide bonds. The van der Waals surface area contributed by atoms with Crippen LogP contribution < -0.4 is 0 Å². The van der Waals surface area contributed by atoms with Crippen molar-refractivity contribution in [3.05, 3.63) is 0 Å². The van der Waals surface area contributed by atoms with Gasteiger partial charge in [-0.1, -0.05) is 20.8 Å². The number of esters is 1. The molecule has 2 nitrogen and oxygen atoms in total. The van der Waals surface area contributed by atoms with Crippen molar-refractivity contribution in [3.8, 4) is 0 Å². The van der Waals surface area contributed by atoms with E-state index in [0.717, 1.165) is 12.8 Å². The maximum atomic E-state index is 10.7. The van der Waals surface area contributed by atoms with Crippen LogP contribution in [0.5, 0.6) is 0 Å². The Labute approximate surface area is 62.6 Å². The Hall–Kier alpha value is -0.530. The number of carbonyl (C=O) groups is 1. The smallest absolute Gasteiger partial charge is 0.305 e. The van der Waals surface area contributed by atoms with Crippen molar-refractivity contribution >= 4 is 5.97 Å². The fraction of sp³-hybridized carbons (Fsp3) is 0.875. The van der Waals surface area contributed by atoms with E-state index in [9.17, 15) is 4.79 Å². The fourth-order valence-corrected chi connectivity index (χ4v) is 0.725. The van der Waals surface area contributed by atoms with Crippen LogP contribution in [0, 0.1) is 0 Å². The molecule has 0 N–H and O–H groups in total. The summed E-state index contributed by atoms with van der Waals surface area (Å²) in [5.74, 6) is -0.0892. The van der Waals surface area contributed by atoms with Gasteiger partial charge < -0.3 is 4.74 Å². The van der Waals surface area contributed by atoms with E-state index >= 15 is 0 Å². The zero-order valence-electron chi connectivity index (χ0n) is 7.02. The molecule has 60 valence electrons. The van der Waals surface area contributed by atoms with Gasteiger partial charge in [0.15, 0.2) is 0 Å². The lowest BCUT2D eigenvalue weighted by Crippen LogP contribution is -2.15. The molecule has 0 atom stereocenters. The van der Waals surface area contributed by atoms with Gasteiger partial charge in [0, 0.05) is 6.42 Å². The third-order valence-corrected chi connectivity index (χ3v) is 1.50. The van der Waals surface area contributed by atoms with Crippen LogP contribution in [0.1, 0.15) is 40.0 Å². The Morgan fingerprint density at radius 1 is 1.30 bits per heavy atom. The Morgan fingerprint density at radius 3 is 2.10 bits per heavy atom. The standard InChI is InChI=1S/C8H16O2/c1-4-7(5-2)10-8(9)6-3/h7H,4-6H2,1-3H3. The minimum Gasteiger partial charge on any atom is -0.462 e. The molecule has 0 aliphatic heterocycles. The molecule has 10 heavy (non-hydrogen) atoms. The van der Waals surface area contributed by atoms with E-state index in [1.807, 2.05) is 20.8 Å². The summed E-state index contributed by atoms with van der Waals surface area (Å²) in [4.78, 5) is 10.7. The minimum absolute atomic E-state index is 0.0892. The summed E-state index contributed by atoms with van der Waals surface area (Å²) in [6, 6.07) is 0. The van der Waals surface area contributed by atoms with Crippen LogP contribution >= 0.6 is 0 Å². The Bertz CT molecular complexity index is 95.4. The maximum absolute atomic E-state index is 10.7. The van der Waals surface area contributed by atoms with E-state index in [-0.39, 0.29) is 12.1 Å². The van der Waals surface area contributed by atoms with Crippen LogP contribution in [-0.2, 0) is 9.53 Å². The van der Waals surface area contributed by atoms with Gasteiger partial charge in [0.2, 0.25) is 0 Å². The average molecular weight is 144 g/mol. The molecule has 0 heterocycles. The van der Waals surface area contributed by atoms with Crippen molar-refractivity contribution < 1.29 is 9.53 Å². The van der Waals surface area contributed by atoms with Crippen molar-refractivity contribution in [2.75, 3.05) is 0 Å². The summed E-state index contributed by atoms with van der Waals surface area (Å²) in [5, 5.41) is 0. The van der Waals surface area contributed by atoms with Gasteiger partial charge in [-0.15, -0.1) is 0 Å². The van der Waals surface area contributed by atoms with Gasteiger partial charge in [-0.25, -0.2) is 0 Å². The van der Waals surface area contributed by atoms with Crippen LogP contribution in [-0.4, -0.2) is 12.1 Å². The Balaban J connectivity index is 3.52. The second-order valence-corrected chi connectivity index (χ2v) is 2.28. The van der Waals surface area contributed by atoms with Crippen molar-refractivity contribution in [2.45, 2.75) is 46.1 Å². The van der Waals surface area contributed by atoms with Gasteiger partial charge in [-0.05, 0) is 12.8 Å². The molecule has 0 aromatic rings. The van der Waals surface area contributed by atoms with Crippen molar-refractivity contribution in [3.63, 3.8) is 0 Å². The molecule has 0 radical (unpaired) electrons. The molecule has 0 unspecified atom stereocenters. The molecule has 0 aliphatic rings. The lowest BCUT2D eigenvalue weighted by Gasteiger charge is -2.12. The number of hydrogen-bond acceptors (Lipinski definition) is 2. The van der Waals surface area contributed by atoms with Crippen LogP contribution in [0.15, 0.2) is 0 Å². The zero-order chi connectivity index (χ0) is 7.98. The number of hydrogen-bond donors (Lipinski definition) is 0. The highest BCUT2D eigenvalue weighted by Gasteiger charge is 2.07. The summed E-state index contributed by atoms with van der Waals surface area (Å²) >= 11 is 0. The SMILES string of the molecule is CCC(=O)OC(CC)CC. The molecule has 0 bridgehead atoms. The number of carbonyl (C=O) groups excluding carboxylic acids is 1. The summed E-state index contributed by atoms with van der Waals surface area (Å²) in [6.45, 7) is 5.86. The molecule has 0 fully saturated rings. The first-order chi connectivity index (χ1) is 4.74. The van der Waals surface area contributed by atoms with Gasteiger partial charge in [0.1, 0.15) is 6.10 Å². The topological polar surface area (TPSA) is 26.3 Å². The van der Waals surface area contributed by atoms with E-state index in [4.69, 9.17) is 4.74 Å². The van der Waals surface area contributed by atoms with E-state index in [1.165, 1.54) is 0 Å². The zero-order valence-corrected chi connectivity index (χ0v) is 7.02. The van der Waals surface area contributed by atoms with Crippen LogP contribution in [0.25, 0.3) is 0 Å². The van der Waals surface area contributed by atoms with Crippen LogP contribution in [0.3, 0.4) is 0 Å². The number of ether oxygens (including phenoxy) is 1. The predicted molar refractivity (Wildman–Crippen MR) is 40.8 cm³/mol. The highest BCUT2D eigenvalue weighted by atomic mass is 16.5. The quantitative estimate of drug-likeness (QED) is 0.565. The molecule has 0 rings (SSSR count). The molecule has 0 aromatic heterocycles. The van der Waals surface area contributed by atoms with E-state index in [2.05, 4.69) is 0 Å². The lowest BCUT2D eigenvalue weighted by molar-refractivity contribution is -0.148. The van der Waals surface area contributed by atoms with Crippen molar-refractivity contribution in [1.82, 2.24) is 0 Å². The largest absolute Gasteiger partial charge is 0.462 e. The molecule has 0 aromatic carbocycles. The van der Waals surface area contributed by atoms with E-state index < -0.39 is 0 Å². The van der Waals surface area contributed by atoms with Crippen molar-refractivity contribution in [2.24, 2.45) is 0 Å². The minimum atomic E-state index is -0.0892. The monoisotopic (exact) mass is 144 g/mol. The summed E-state index contributed by atoms with van der Waals surface area (Å²) in [5.41, 5.74) is 0. The molecular formula is C8H16O2. The number of rotatable bonds is 4. The molecule has 0 spiro atoms. The molecule has 0 saturated heterocycles. The third-order valence-electron chi connectivity index (χ3n) is 1.50. The first-order valence-corrected chi connectivity index (χ1v) is 3.94. The van der Waals surface area contributed by atoms with Gasteiger partial charge in [-0.2, -0.15) is 0 Å². The summed E-state index contributed by atoms with van der Waals surface area (Å²) in [7, 11) is 0. The summed E-state index contributed by atoms with van der Waals surface area (Å²) in [6.07, 6.45) is 2.45. The first-order valence-electron chi connectivity index (χ1n) is 3.94. The molecule has 0 saturated carbocycles. The second kappa shape index (κ2) is 5.27. The van der Waals surface area contributed by atoms with Crippen LogP contribution in [0.4, 0.5) is 0 Å². The van der Waals surface area contributed by atoms with Gasteiger partial charge in [0.25, 0.3) is 0 Å². The fourth-order valence-electron chi connectivity index (χ4n) is 0.725. The third kappa shape index (κ3) is 3.49. The van der Waals surface area contributed by atoms with Gasteiger partial charge in [-0.3, -0.25) is 4.79 Å². The van der Waals surface area contributed by atoms with E-state index in [0.29, 0.717) is 6.42 Å². The van der Waals surface area contributed by atoms with Crippen molar-refractivity contribution in [1.29, 1.82) is 0 Å². The highest BCUT2D eigenvalue weighted by molar-refractivity contribution is 5.69. The maximum Gasteiger partial charge on any atom is 0.305 e. The first kappa shape index (κ1) is 9.47.